The normalized spacial score (nSPS) is 15.5. The molecule has 1 aliphatic heterocycles. The molecule has 11 heteroatoms. The third kappa shape index (κ3) is 5.79. The summed E-state index contributed by atoms with van der Waals surface area (Å²) >= 11 is 2.78. The van der Waals surface area contributed by atoms with Crippen LogP contribution in [-0.2, 0) is 9.59 Å². The molecule has 9 nitrogen and oxygen atoms in total. The van der Waals surface area contributed by atoms with Crippen LogP contribution in [0.15, 0.2) is 51.6 Å². The van der Waals surface area contributed by atoms with E-state index in [1.54, 1.807) is 4.90 Å². The molecule has 1 aliphatic rings. The minimum Gasteiger partial charge on any atom is -0.454 e. The molecule has 3 aromatic heterocycles. The van der Waals surface area contributed by atoms with Crippen molar-refractivity contribution in [2.75, 3.05) is 32.8 Å². The Labute approximate surface area is 227 Å². The van der Waals surface area contributed by atoms with Gasteiger partial charge >= 0.3 is 0 Å². The van der Waals surface area contributed by atoms with E-state index in [1.165, 1.54) is 22.7 Å². The number of nitrogens with zero attached hydrogens (tertiary/aromatic N) is 2. The molecule has 0 radical (unpaired) electrons. The van der Waals surface area contributed by atoms with Gasteiger partial charge in [-0.3, -0.25) is 14.4 Å². The number of hydrogen-bond acceptors (Lipinski definition) is 8. The number of amides is 3. The topological polar surface area (TPSA) is 125 Å². The number of hydrogen-bond donors (Lipinski definition) is 3. The molecular weight excluding hydrogens is 524 g/mol. The maximum atomic E-state index is 13.0. The van der Waals surface area contributed by atoms with Gasteiger partial charge in [-0.25, -0.2) is 4.98 Å². The van der Waals surface area contributed by atoms with Crippen LogP contribution in [0.1, 0.15) is 28.9 Å². The molecule has 3 amide bonds. The fraction of sp³-hybridized carbons (Fsp3) is 0.333. The molecule has 0 aliphatic carbocycles. The standard InChI is InChI=1S/C27H28N4O5S2/c32-12-10-29-25(34)18-5-3-11-31(15-18)23(33)7-9-28-26(35)24-19(8-13-37-24)27-30-20(16-38-27)22-14-17-4-1-2-6-21(17)36-22/h1-2,4,6,8,13-14,16,18,32H,3,5,7,9-12,15H2,(H,28,35)(H,29,34). The molecule has 1 fully saturated rings. The quantitative estimate of drug-likeness (QED) is 0.291. The Bertz CT molecular complexity index is 1410. The number of fused-ring (bicyclic) bond motifs is 1. The first-order valence-electron chi connectivity index (χ1n) is 12.5. The molecule has 1 aromatic carbocycles. The summed E-state index contributed by atoms with van der Waals surface area (Å²) in [6.07, 6.45) is 1.62. The van der Waals surface area contributed by atoms with Crippen LogP contribution >= 0.6 is 22.7 Å². The number of thiazole rings is 1. The SMILES string of the molecule is O=C(NCCC(=O)N1CCCC(C(=O)NCCO)C1)c1sccc1-c1nc(-c2cc3ccccc3o2)cs1. The van der Waals surface area contributed by atoms with Gasteiger partial charge in [0.25, 0.3) is 5.91 Å². The maximum Gasteiger partial charge on any atom is 0.262 e. The monoisotopic (exact) mass is 552 g/mol. The second kappa shape index (κ2) is 11.9. The molecule has 38 heavy (non-hydrogen) atoms. The fourth-order valence-corrected chi connectivity index (χ4v) is 6.25. The van der Waals surface area contributed by atoms with E-state index in [0.717, 1.165) is 28.0 Å². The van der Waals surface area contributed by atoms with Crippen molar-refractivity contribution in [3.63, 3.8) is 0 Å². The summed E-state index contributed by atoms with van der Waals surface area (Å²) in [5.41, 5.74) is 2.26. The number of aliphatic hydroxyl groups is 1. The van der Waals surface area contributed by atoms with Crippen LogP contribution in [0.25, 0.3) is 33.0 Å². The third-order valence-electron chi connectivity index (χ3n) is 6.46. The van der Waals surface area contributed by atoms with Crippen molar-refractivity contribution < 1.29 is 23.9 Å². The zero-order chi connectivity index (χ0) is 26.5. The van der Waals surface area contributed by atoms with Crippen molar-refractivity contribution in [3.05, 3.63) is 52.0 Å². The molecule has 4 aromatic rings. The molecule has 3 N–H and O–H groups in total. The van der Waals surface area contributed by atoms with Gasteiger partial charge in [-0.05, 0) is 36.4 Å². The number of rotatable bonds is 9. The molecule has 0 saturated carbocycles. The second-order valence-corrected chi connectivity index (χ2v) is 10.8. The van der Waals surface area contributed by atoms with Crippen LogP contribution in [0.2, 0.25) is 0 Å². The number of piperidine rings is 1. The summed E-state index contributed by atoms with van der Waals surface area (Å²) in [7, 11) is 0. The minimum atomic E-state index is -0.273. The Hall–Kier alpha value is -3.54. The highest BCUT2D eigenvalue weighted by molar-refractivity contribution is 7.15. The van der Waals surface area contributed by atoms with Crippen molar-refractivity contribution in [1.29, 1.82) is 0 Å². The lowest BCUT2D eigenvalue weighted by Gasteiger charge is -2.32. The first-order chi connectivity index (χ1) is 18.5. The highest BCUT2D eigenvalue weighted by atomic mass is 32.1. The molecule has 1 saturated heterocycles. The summed E-state index contributed by atoms with van der Waals surface area (Å²) in [4.78, 5) is 44.8. The zero-order valence-electron chi connectivity index (χ0n) is 20.6. The summed E-state index contributed by atoms with van der Waals surface area (Å²) < 4.78 is 5.92. The minimum absolute atomic E-state index is 0.0910. The van der Waals surface area contributed by atoms with Crippen LogP contribution < -0.4 is 10.6 Å². The average Bonchev–Trinajstić information content (AvgIpc) is 3.70. The van der Waals surface area contributed by atoms with Gasteiger partial charge in [-0.15, -0.1) is 22.7 Å². The number of aliphatic hydroxyl groups excluding tert-OH is 1. The largest absolute Gasteiger partial charge is 0.454 e. The first-order valence-corrected chi connectivity index (χ1v) is 14.3. The van der Waals surface area contributed by atoms with Crippen LogP contribution in [0, 0.1) is 5.92 Å². The van der Waals surface area contributed by atoms with Gasteiger partial charge in [-0.2, -0.15) is 0 Å². The van der Waals surface area contributed by atoms with Gasteiger partial charge in [0.2, 0.25) is 11.8 Å². The summed E-state index contributed by atoms with van der Waals surface area (Å²) in [5.74, 6) is -0.0692. The van der Waals surface area contributed by atoms with E-state index < -0.39 is 0 Å². The molecule has 0 bridgehead atoms. The van der Waals surface area contributed by atoms with Gasteiger partial charge < -0.3 is 25.1 Å². The summed E-state index contributed by atoms with van der Waals surface area (Å²) in [6.45, 7) is 1.26. The van der Waals surface area contributed by atoms with Crippen LogP contribution in [0.4, 0.5) is 0 Å². The number of para-hydroxylation sites is 1. The van der Waals surface area contributed by atoms with Crippen molar-refractivity contribution in [3.8, 4) is 22.0 Å². The van der Waals surface area contributed by atoms with Crippen LogP contribution in [0.5, 0.6) is 0 Å². The third-order valence-corrected chi connectivity index (χ3v) is 8.25. The van der Waals surface area contributed by atoms with Gasteiger partial charge in [0.05, 0.1) is 12.5 Å². The molecular formula is C27H28N4O5S2. The maximum absolute atomic E-state index is 13.0. The van der Waals surface area contributed by atoms with Crippen LogP contribution in [-0.4, -0.2) is 65.5 Å². The number of furan rings is 1. The molecule has 198 valence electrons. The van der Waals surface area contributed by atoms with Crippen molar-refractivity contribution in [2.45, 2.75) is 19.3 Å². The molecule has 1 unspecified atom stereocenters. The van der Waals surface area contributed by atoms with E-state index in [0.29, 0.717) is 35.8 Å². The van der Waals surface area contributed by atoms with Crippen molar-refractivity contribution in [1.82, 2.24) is 20.5 Å². The Kier molecular flexibility index (Phi) is 8.16. The van der Waals surface area contributed by atoms with Gasteiger partial charge in [0.15, 0.2) is 5.76 Å². The Balaban J connectivity index is 1.17. The number of carbonyl (C=O) groups is 3. The van der Waals surface area contributed by atoms with E-state index in [-0.39, 0.29) is 49.8 Å². The molecule has 1 atom stereocenters. The molecule has 5 rings (SSSR count). The van der Waals surface area contributed by atoms with Gasteiger partial charge in [0.1, 0.15) is 21.2 Å². The Morgan fingerprint density at radius 3 is 2.84 bits per heavy atom. The van der Waals surface area contributed by atoms with Crippen molar-refractivity contribution in [2.24, 2.45) is 5.92 Å². The number of aromatic nitrogens is 1. The predicted molar refractivity (Wildman–Crippen MR) is 147 cm³/mol. The number of benzene rings is 1. The van der Waals surface area contributed by atoms with E-state index in [1.807, 2.05) is 47.2 Å². The van der Waals surface area contributed by atoms with Gasteiger partial charge in [0, 0.05) is 48.9 Å². The lowest BCUT2D eigenvalue weighted by molar-refractivity contribution is -0.135. The van der Waals surface area contributed by atoms with E-state index >= 15 is 0 Å². The first kappa shape index (κ1) is 26.1. The second-order valence-electron chi connectivity index (χ2n) is 9.05. The number of thiophene rings is 1. The predicted octanol–water partition coefficient (Wildman–Crippen LogP) is 3.75. The van der Waals surface area contributed by atoms with Crippen molar-refractivity contribution >= 4 is 51.4 Å². The molecule has 0 spiro atoms. The number of carbonyl (C=O) groups excluding carboxylic acids is 3. The summed E-state index contributed by atoms with van der Waals surface area (Å²) in [6, 6.07) is 11.6. The van der Waals surface area contributed by atoms with Gasteiger partial charge in [-0.1, -0.05) is 18.2 Å². The lowest BCUT2D eigenvalue weighted by Crippen LogP contribution is -2.46. The van der Waals surface area contributed by atoms with E-state index in [4.69, 9.17) is 14.5 Å². The van der Waals surface area contributed by atoms with Crippen LogP contribution in [0.3, 0.4) is 0 Å². The number of nitrogens with one attached hydrogen (secondary N) is 2. The molecule has 4 heterocycles. The fourth-order valence-electron chi connectivity index (χ4n) is 4.53. The average molecular weight is 553 g/mol. The summed E-state index contributed by atoms with van der Waals surface area (Å²) in [5, 5.41) is 19.9. The van der Waals surface area contributed by atoms with E-state index in [9.17, 15) is 14.4 Å². The van der Waals surface area contributed by atoms with E-state index in [2.05, 4.69) is 10.6 Å². The Morgan fingerprint density at radius 2 is 2.00 bits per heavy atom. The lowest BCUT2D eigenvalue weighted by atomic mass is 9.97. The highest BCUT2D eigenvalue weighted by Crippen LogP contribution is 2.35. The highest BCUT2D eigenvalue weighted by Gasteiger charge is 2.28. The Morgan fingerprint density at radius 1 is 1.13 bits per heavy atom. The number of likely N-dealkylation sites (tertiary alicyclic amines) is 1. The zero-order valence-corrected chi connectivity index (χ0v) is 22.3. The smallest absolute Gasteiger partial charge is 0.262 e.